The highest BCUT2D eigenvalue weighted by atomic mass is 16.4. The third-order valence-corrected chi connectivity index (χ3v) is 1.74. The molecule has 0 rings (SSSR count). The lowest BCUT2D eigenvalue weighted by Gasteiger charge is -2.12. The van der Waals surface area contributed by atoms with E-state index >= 15 is 0 Å². The molecular formula is C8H16N2O4. The standard InChI is InChI=1S/C8H16N2O4/c9-4-2-1-3-6(8(13)14)10-5-7(11)12/h6,10H,1-5,9H2,(H,11,12)(H,13,14)/t6-/m0/s1. The van der Waals surface area contributed by atoms with Gasteiger partial charge < -0.3 is 15.9 Å². The molecule has 0 spiro atoms. The smallest absolute Gasteiger partial charge is 0.320 e. The van der Waals surface area contributed by atoms with Crippen LogP contribution in [0.5, 0.6) is 0 Å². The fourth-order valence-corrected chi connectivity index (χ4v) is 1.02. The van der Waals surface area contributed by atoms with Crippen molar-refractivity contribution in [2.24, 2.45) is 5.73 Å². The van der Waals surface area contributed by atoms with E-state index in [0.29, 0.717) is 19.4 Å². The van der Waals surface area contributed by atoms with E-state index < -0.39 is 18.0 Å². The van der Waals surface area contributed by atoms with Gasteiger partial charge in [-0.1, -0.05) is 6.42 Å². The Morgan fingerprint density at radius 3 is 2.36 bits per heavy atom. The van der Waals surface area contributed by atoms with Crippen LogP contribution in [0.3, 0.4) is 0 Å². The minimum atomic E-state index is -1.06. The summed E-state index contributed by atoms with van der Waals surface area (Å²) in [6.45, 7) is 0.185. The number of nitrogens with one attached hydrogen (secondary N) is 1. The molecule has 0 radical (unpaired) electrons. The molecule has 0 aliphatic carbocycles. The van der Waals surface area contributed by atoms with E-state index in [9.17, 15) is 9.59 Å². The number of carboxylic acid groups (broad SMARTS) is 2. The molecule has 0 aromatic heterocycles. The van der Waals surface area contributed by atoms with Gasteiger partial charge in [-0.25, -0.2) is 0 Å². The predicted octanol–water partition coefficient (Wildman–Crippen LogP) is -0.757. The van der Waals surface area contributed by atoms with Gasteiger partial charge in [0.25, 0.3) is 0 Å². The topological polar surface area (TPSA) is 113 Å². The molecule has 0 aliphatic heterocycles. The summed E-state index contributed by atoms with van der Waals surface area (Å²) in [5.41, 5.74) is 5.25. The Morgan fingerprint density at radius 1 is 1.29 bits per heavy atom. The van der Waals surface area contributed by atoms with E-state index in [-0.39, 0.29) is 6.54 Å². The molecule has 1 atom stereocenters. The lowest BCUT2D eigenvalue weighted by atomic mass is 10.1. The number of hydrogen-bond acceptors (Lipinski definition) is 4. The van der Waals surface area contributed by atoms with Crippen molar-refractivity contribution in [1.82, 2.24) is 5.32 Å². The average molecular weight is 204 g/mol. The first-order chi connectivity index (χ1) is 6.57. The molecule has 6 nitrogen and oxygen atoms in total. The van der Waals surface area contributed by atoms with Gasteiger partial charge in [-0.2, -0.15) is 0 Å². The molecule has 0 aromatic carbocycles. The van der Waals surface area contributed by atoms with Crippen LogP contribution in [0.15, 0.2) is 0 Å². The molecule has 0 saturated carbocycles. The van der Waals surface area contributed by atoms with Gasteiger partial charge in [-0.15, -0.1) is 0 Å². The number of unbranched alkanes of at least 4 members (excludes halogenated alkanes) is 1. The van der Waals surface area contributed by atoms with Gasteiger partial charge in [0.05, 0.1) is 6.54 Å². The van der Waals surface area contributed by atoms with E-state index in [1.807, 2.05) is 0 Å². The second-order valence-electron chi connectivity index (χ2n) is 2.95. The lowest BCUT2D eigenvalue weighted by Crippen LogP contribution is -2.39. The number of carbonyl (C=O) groups is 2. The van der Waals surface area contributed by atoms with Gasteiger partial charge in [-0.3, -0.25) is 14.9 Å². The Kier molecular flexibility index (Phi) is 6.69. The molecule has 0 unspecified atom stereocenters. The predicted molar refractivity (Wildman–Crippen MR) is 50.0 cm³/mol. The van der Waals surface area contributed by atoms with Crippen LogP contribution < -0.4 is 11.1 Å². The largest absolute Gasteiger partial charge is 0.480 e. The summed E-state index contributed by atoms with van der Waals surface area (Å²) in [7, 11) is 0. The molecule has 0 amide bonds. The van der Waals surface area contributed by atoms with Crippen LogP contribution >= 0.6 is 0 Å². The number of hydrogen-bond donors (Lipinski definition) is 4. The van der Waals surface area contributed by atoms with Gasteiger partial charge in [-0.05, 0) is 19.4 Å². The van der Waals surface area contributed by atoms with Crippen molar-refractivity contribution in [2.75, 3.05) is 13.1 Å². The number of nitrogens with two attached hydrogens (primary N) is 1. The highest BCUT2D eigenvalue weighted by molar-refractivity contribution is 5.75. The summed E-state index contributed by atoms with van der Waals surface area (Å²) in [5.74, 6) is -2.08. The van der Waals surface area contributed by atoms with Gasteiger partial charge in [0.1, 0.15) is 6.04 Å². The first-order valence-electron chi connectivity index (χ1n) is 4.46. The van der Waals surface area contributed by atoms with Gasteiger partial charge in [0.2, 0.25) is 0 Å². The molecule has 0 bridgehead atoms. The second kappa shape index (κ2) is 7.28. The Morgan fingerprint density at radius 2 is 1.93 bits per heavy atom. The molecule has 14 heavy (non-hydrogen) atoms. The van der Waals surface area contributed by atoms with Crippen LogP contribution in [-0.4, -0.2) is 41.3 Å². The van der Waals surface area contributed by atoms with E-state index in [0.717, 1.165) is 6.42 Å². The Hall–Kier alpha value is -1.14. The maximum absolute atomic E-state index is 10.6. The zero-order valence-electron chi connectivity index (χ0n) is 7.90. The Bertz CT molecular complexity index is 196. The van der Waals surface area contributed by atoms with Gasteiger partial charge in [0, 0.05) is 0 Å². The third-order valence-electron chi connectivity index (χ3n) is 1.74. The fourth-order valence-electron chi connectivity index (χ4n) is 1.02. The van der Waals surface area contributed by atoms with Crippen molar-refractivity contribution in [3.8, 4) is 0 Å². The summed E-state index contributed by atoms with van der Waals surface area (Å²) in [6.07, 6.45) is 1.83. The molecule has 0 aliphatic rings. The van der Waals surface area contributed by atoms with Gasteiger partial charge in [0.15, 0.2) is 0 Å². The van der Waals surface area contributed by atoms with Crippen LogP contribution in [0.2, 0.25) is 0 Å². The third kappa shape index (κ3) is 6.38. The monoisotopic (exact) mass is 204 g/mol. The van der Waals surface area contributed by atoms with Crippen molar-refractivity contribution in [1.29, 1.82) is 0 Å². The van der Waals surface area contributed by atoms with Crippen LogP contribution in [0, 0.1) is 0 Å². The first kappa shape index (κ1) is 12.9. The normalized spacial score (nSPS) is 12.4. The Labute approximate surface area is 82.1 Å². The minimum Gasteiger partial charge on any atom is -0.480 e. The molecule has 5 N–H and O–H groups in total. The van der Waals surface area contributed by atoms with Crippen LogP contribution in [0.4, 0.5) is 0 Å². The summed E-state index contributed by atoms with van der Waals surface area (Å²) in [5, 5.41) is 19.5. The number of aliphatic carboxylic acids is 2. The van der Waals surface area contributed by atoms with Crippen molar-refractivity contribution in [2.45, 2.75) is 25.3 Å². The number of rotatable bonds is 8. The van der Waals surface area contributed by atoms with Crippen molar-refractivity contribution < 1.29 is 19.8 Å². The van der Waals surface area contributed by atoms with Crippen LogP contribution in [-0.2, 0) is 9.59 Å². The zero-order valence-corrected chi connectivity index (χ0v) is 7.90. The van der Waals surface area contributed by atoms with E-state index in [1.54, 1.807) is 0 Å². The highest BCUT2D eigenvalue weighted by Crippen LogP contribution is 2.00. The van der Waals surface area contributed by atoms with Crippen LogP contribution in [0.25, 0.3) is 0 Å². The molecule has 0 aromatic rings. The molecule has 0 saturated heterocycles. The van der Waals surface area contributed by atoms with E-state index in [2.05, 4.69) is 5.32 Å². The van der Waals surface area contributed by atoms with Crippen molar-refractivity contribution in [3.05, 3.63) is 0 Å². The highest BCUT2D eigenvalue weighted by Gasteiger charge is 2.16. The molecular weight excluding hydrogens is 188 g/mol. The maximum atomic E-state index is 10.6. The molecule has 0 heterocycles. The summed E-state index contributed by atoms with van der Waals surface area (Å²) in [6, 6.07) is -0.794. The molecule has 6 heteroatoms. The second-order valence-corrected chi connectivity index (χ2v) is 2.95. The SMILES string of the molecule is NCCCC[C@H](NCC(=O)O)C(=O)O. The van der Waals surface area contributed by atoms with E-state index in [4.69, 9.17) is 15.9 Å². The lowest BCUT2D eigenvalue weighted by molar-refractivity contribution is -0.140. The minimum absolute atomic E-state index is 0.334. The Balaban J connectivity index is 3.78. The van der Waals surface area contributed by atoms with Crippen LogP contribution in [0.1, 0.15) is 19.3 Å². The zero-order chi connectivity index (χ0) is 11.0. The first-order valence-corrected chi connectivity index (χ1v) is 4.46. The summed E-state index contributed by atoms with van der Waals surface area (Å²) in [4.78, 5) is 20.8. The molecule has 0 fully saturated rings. The van der Waals surface area contributed by atoms with Crippen molar-refractivity contribution >= 4 is 11.9 Å². The summed E-state index contributed by atoms with van der Waals surface area (Å²) >= 11 is 0. The molecule has 82 valence electrons. The average Bonchev–Trinajstić information content (AvgIpc) is 2.10. The summed E-state index contributed by atoms with van der Waals surface area (Å²) < 4.78 is 0. The number of carboxylic acids is 2. The fraction of sp³-hybridized carbons (Fsp3) is 0.750. The van der Waals surface area contributed by atoms with Crippen molar-refractivity contribution in [3.63, 3.8) is 0 Å². The van der Waals surface area contributed by atoms with Gasteiger partial charge >= 0.3 is 11.9 Å². The quantitative estimate of drug-likeness (QED) is 0.387. The van der Waals surface area contributed by atoms with E-state index in [1.165, 1.54) is 0 Å². The maximum Gasteiger partial charge on any atom is 0.320 e.